The lowest BCUT2D eigenvalue weighted by atomic mass is 10.1. The van der Waals surface area contributed by atoms with E-state index in [0.29, 0.717) is 18.4 Å². The Labute approximate surface area is 127 Å². The summed E-state index contributed by atoms with van der Waals surface area (Å²) in [7, 11) is 0. The fraction of sp³-hybridized carbons (Fsp3) is 0.588. The van der Waals surface area contributed by atoms with Gasteiger partial charge in [-0.2, -0.15) is 0 Å². The molecular weight excluding hydrogens is 266 g/mol. The summed E-state index contributed by atoms with van der Waals surface area (Å²) in [6.07, 6.45) is 6.10. The molecule has 0 fully saturated rings. The molecule has 1 unspecified atom stereocenters. The van der Waals surface area contributed by atoms with E-state index >= 15 is 0 Å². The quantitative estimate of drug-likeness (QED) is 0.611. The molecule has 1 aromatic rings. The van der Waals surface area contributed by atoms with Crippen LogP contribution in [0.25, 0.3) is 0 Å². The fourth-order valence-corrected chi connectivity index (χ4v) is 2.27. The molecule has 0 saturated heterocycles. The van der Waals surface area contributed by atoms with Crippen molar-refractivity contribution >= 4 is 5.97 Å². The lowest BCUT2D eigenvalue weighted by Gasteiger charge is -2.18. The van der Waals surface area contributed by atoms with Crippen LogP contribution in [-0.2, 0) is 0 Å². The van der Waals surface area contributed by atoms with Crippen molar-refractivity contribution in [2.24, 2.45) is 0 Å². The summed E-state index contributed by atoms with van der Waals surface area (Å²) in [6.45, 7) is 5.84. The maximum Gasteiger partial charge on any atom is 0.335 e. The summed E-state index contributed by atoms with van der Waals surface area (Å²) < 4.78 is 5.62. The SMILES string of the molecule is CCCCC(CCC)NCCOc1ccc(C(=O)O)cc1. The van der Waals surface area contributed by atoms with E-state index in [1.165, 1.54) is 32.1 Å². The maximum absolute atomic E-state index is 10.7. The smallest absolute Gasteiger partial charge is 0.335 e. The Morgan fingerprint density at radius 2 is 1.90 bits per heavy atom. The van der Waals surface area contributed by atoms with Crippen LogP contribution in [0.4, 0.5) is 0 Å². The number of aromatic carboxylic acids is 1. The van der Waals surface area contributed by atoms with Gasteiger partial charge in [-0.15, -0.1) is 0 Å². The lowest BCUT2D eigenvalue weighted by Crippen LogP contribution is -2.32. The van der Waals surface area contributed by atoms with E-state index in [-0.39, 0.29) is 5.56 Å². The van der Waals surface area contributed by atoms with E-state index < -0.39 is 5.97 Å². The molecule has 1 atom stereocenters. The highest BCUT2D eigenvalue weighted by molar-refractivity contribution is 5.87. The number of carboxylic acids is 1. The maximum atomic E-state index is 10.7. The first-order chi connectivity index (χ1) is 10.2. The zero-order chi connectivity index (χ0) is 15.5. The van der Waals surface area contributed by atoms with E-state index in [2.05, 4.69) is 19.2 Å². The molecule has 0 aliphatic rings. The Morgan fingerprint density at radius 3 is 2.48 bits per heavy atom. The molecule has 21 heavy (non-hydrogen) atoms. The predicted molar refractivity (Wildman–Crippen MR) is 85.1 cm³/mol. The molecular formula is C17H27NO3. The van der Waals surface area contributed by atoms with Gasteiger partial charge in [-0.3, -0.25) is 0 Å². The van der Waals surface area contributed by atoms with Crippen LogP contribution in [0.2, 0.25) is 0 Å². The van der Waals surface area contributed by atoms with Crippen LogP contribution in [0.15, 0.2) is 24.3 Å². The molecule has 1 aromatic carbocycles. The highest BCUT2D eigenvalue weighted by Crippen LogP contribution is 2.12. The summed E-state index contributed by atoms with van der Waals surface area (Å²) in [5.74, 6) is -0.205. The number of hydrogen-bond acceptors (Lipinski definition) is 3. The Balaban J connectivity index is 2.26. The molecule has 4 nitrogen and oxygen atoms in total. The van der Waals surface area contributed by atoms with E-state index in [1.54, 1.807) is 24.3 Å². The third kappa shape index (κ3) is 7.14. The van der Waals surface area contributed by atoms with Crippen molar-refractivity contribution in [1.82, 2.24) is 5.32 Å². The Kier molecular flexibility index (Phi) is 8.51. The topological polar surface area (TPSA) is 58.6 Å². The van der Waals surface area contributed by atoms with Gasteiger partial charge in [0, 0.05) is 12.6 Å². The summed E-state index contributed by atoms with van der Waals surface area (Å²) in [6, 6.07) is 7.10. The highest BCUT2D eigenvalue weighted by Gasteiger charge is 2.06. The summed E-state index contributed by atoms with van der Waals surface area (Å²) in [5, 5.41) is 12.4. The largest absolute Gasteiger partial charge is 0.492 e. The molecule has 0 aliphatic carbocycles. The van der Waals surface area contributed by atoms with E-state index in [9.17, 15) is 4.79 Å². The monoisotopic (exact) mass is 293 g/mol. The van der Waals surface area contributed by atoms with E-state index in [4.69, 9.17) is 9.84 Å². The third-order valence-electron chi connectivity index (χ3n) is 3.45. The number of benzene rings is 1. The van der Waals surface area contributed by atoms with Gasteiger partial charge in [0.25, 0.3) is 0 Å². The zero-order valence-corrected chi connectivity index (χ0v) is 13.1. The Bertz CT molecular complexity index is 403. The second-order valence-electron chi connectivity index (χ2n) is 5.26. The van der Waals surface area contributed by atoms with Gasteiger partial charge in [-0.25, -0.2) is 4.79 Å². The minimum Gasteiger partial charge on any atom is -0.492 e. The summed E-state index contributed by atoms with van der Waals surface area (Å²) >= 11 is 0. The molecule has 4 heteroatoms. The Hall–Kier alpha value is -1.55. The number of hydrogen-bond donors (Lipinski definition) is 2. The molecule has 0 bridgehead atoms. The van der Waals surface area contributed by atoms with Crippen LogP contribution < -0.4 is 10.1 Å². The molecule has 1 rings (SSSR count). The van der Waals surface area contributed by atoms with Gasteiger partial charge >= 0.3 is 5.97 Å². The summed E-state index contributed by atoms with van der Waals surface area (Å²) in [5.41, 5.74) is 0.281. The number of rotatable bonds is 11. The van der Waals surface area contributed by atoms with Crippen molar-refractivity contribution in [2.75, 3.05) is 13.2 Å². The average Bonchev–Trinajstić information content (AvgIpc) is 2.49. The second kappa shape index (κ2) is 10.2. The first-order valence-electron chi connectivity index (χ1n) is 7.86. The average molecular weight is 293 g/mol. The van der Waals surface area contributed by atoms with Crippen LogP contribution in [0.5, 0.6) is 5.75 Å². The highest BCUT2D eigenvalue weighted by atomic mass is 16.5. The molecule has 0 radical (unpaired) electrons. The molecule has 0 saturated carbocycles. The zero-order valence-electron chi connectivity index (χ0n) is 13.1. The third-order valence-corrected chi connectivity index (χ3v) is 3.45. The lowest BCUT2D eigenvalue weighted by molar-refractivity contribution is 0.0697. The van der Waals surface area contributed by atoms with Crippen LogP contribution in [0, 0.1) is 0 Å². The van der Waals surface area contributed by atoms with Gasteiger partial charge in [0.15, 0.2) is 0 Å². The van der Waals surface area contributed by atoms with Crippen LogP contribution in [-0.4, -0.2) is 30.3 Å². The normalized spacial score (nSPS) is 12.1. The minimum absolute atomic E-state index is 0.281. The number of unbranched alkanes of at least 4 members (excludes halogenated alkanes) is 1. The van der Waals surface area contributed by atoms with Crippen molar-refractivity contribution in [3.8, 4) is 5.75 Å². The molecule has 2 N–H and O–H groups in total. The van der Waals surface area contributed by atoms with Crippen molar-refractivity contribution < 1.29 is 14.6 Å². The first-order valence-corrected chi connectivity index (χ1v) is 7.86. The van der Waals surface area contributed by atoms with Gasteiger partial charge in [0.05, 0.1) is 5.56 Å². The van der Waals surface area contributed by atoms with Crippen molar-refractivity contribution in [2.45, 2.75) is 52.0 Å². The number of carboxylic acid groups (broad SMARTS) is 1. The van der Waals surface area contributed by atoms with E-state index in [0.717, 1.165) is 6.54 Å². The van der Waals surface area contributed by atoms with Crippen LogP contribution >= 0.6 is 0 Å². The van der Waals surface area contributed by atoms with Crippen LogP contribution in [0.1, 0.15) is 56.3 Å². The summed E-state index contributed by atoms with van der Waals surface area (Å²) in [4.78, 5) is 10.7. The van der Waals surface area contributed by atoms with Gasteiger partial charge in [0.2, 0.25) is 0 Å². The second-order valence-corrected chi connectivity index (χ2v) is 5.26. The molecule has 0 heterocycles. The fourth-order valence-electron chi connectivity index (χ4n) is 2.27. The number of nitrogens with one attached hydrogen (secondary N) is 1. The van der Waals surface area contributed by atoms with Gasteiger partial charge in [0.1, 0.15) is 12.4 Å². The van der Waals surface area contributed by atoms with Gasteiger partial charge in [-0.05, 0) is 37.1 Å². The van der Waals surface area contributed by atoms with Gasteiger partial charge < -0.3 is 15.2 Å². The molecule has 0 amide bonds. The molecule has 0 aliphatic heterocycles. The van der Waals surface area contributed by atoms with Gasteiger partial charge in [-0.1, -0.05) is 33.1 Å². The molecule has 118 valence electrons. The standard InChI is InChI=1S/C17H27NO3/c1-3-5-7-15(6-4-2)18-12-13-21-16-10-8-14(9-11-16)17(19)20/h8-11,15,18H,3-7,12-13H2,1-2H3,(H,19,20). The number of ether oxygens (including phenoxy) is 1. The molecule has 0 spiro atoms. The van der Waals surface area contributed by atoms with Crippen molar-refractivity contribution in [1.29, 1.82) is 0 Å². The Morgan fingerprint density at radius 1 is 1.19 bits per heavy atom. The first kappa shape index (κ1) is 17.5. The van der Waals surface area contributed by atoms with E-state index in [1.807, 2.05) is 0 Å². The molecule has 0 aromatic heterocycles. The predicted octanol–water partition coefficient (Wildman–Crippen LogP) is 3.71. The number of carbonyl (C=O) groups is 1. The van der Waals surface area contributed by atoms with Crippen LogP contribution in [0.3, 0.4) is 0 Å². The van der Waals surface area contributed by atoms with Crippen molar-refractivity contribution in [3.05, 3.63) is 29.8 Å². The van der Waals surface area contributed by atoms with Crippen molar-refractivity contribution in [3.63, 3.8) is 0 Å². The minimum atomic E-state index is -0.915.